The second-order valence-corrected chi connectivity index (χ2v) is 9.93. The quantitative estimate of drug-likeness (QED) is 0.183. The Bertz CT molecular complexity index is 1410. The lowest BCUT2D eigenvalue weighted by Gasteiger charge is -2.21. The maximum absolute atomic E-state index is 13.2. The second-order valence-electron chi connectivity index (χ2n) is 9.93. The van der Waals surface area contributed by atoms with E-state index in [1.165, 1.54) is 0 Å². The third-order valence-corrected chi connectivity index (χ3v) is 6.29. The molecule has 0 saturated carbocycles. The van der Waals surface area contributed by atoms with Gasteiger partial charge in [0.2, 0.25) is 5.91 Å². The van der Waals surface area contributed by atoms with Gasteiger partial charge in [0.15, 0.2) is 0 Å². The molecule has 0 radical (unpaired) electrons. The molecule has 1 heterocycles. The van der Waals surface area contributed by atoms with Crippen LogP contribution in [0.2, 0.25) is 0 Å². The number of anilines is 2. The topological polar surface area (TPSA) is 110 Å². The molecular formula is C32H35N3O5. The highest BCUT2D eigenvalue weighted by Gasteiger charge is 2.20. The normalized spacial score (nSPS) is 11.7. The van der Waals surface area contributed by atoms with Gasteiger partial charge in [0, 0.05) is 34.4 Å². The SMILES string of the molecule is CCOC(=O)CCNC(=O)c1ccc(N[C@H](CC(C)C)C(=O)Nc2ccc(-c3cc4ccccc4o3)cc2)cc1. The van der Waals surface area contributed by atoms with Gasteiger partial charge in [0.05, 0.1) is 13.0 Å². The van der Waals surface area contributed by atoms with Crippen LogP contribution in [0.4, 0.5) is 11.4 Å². The predicted octanol–water partition coefficient (Wildman–Crippen LogP) is 6.25. The Kier molecular flexibility index (Phi) is 9.57. The standard InChI is InChI=1S/C32H35N3O5/c1-4-39-30(36)17-18-33-31(37)23-11-15-25(16-12-23)34-27(19-21(2)3)32(38)35-26-13-9-22(10-14-26)29-20-24-7-5-6-8-28(24)40-29/h5-16,20-21,27,34H,4,17-19H2,1-3H3,(H,33,37)(H,35,38)/t27-/m1/s1. The zero-order chi connectivity index (χ0) is 28.5. The number of para-hydroxylation sites is 1. The van der Waals surface area contributed by atoms with Crippen LogP contribution in [0.1, 0.15) is 44.0 Å². The number of rotatable bonds is 12. The highest BCUT2D eigenvalue weighted by molar-refractivity contribution is 5.97. The minimum Gasteiger partial charge on any atom is -0.466 e. The summed E-state index contributed by atoms with van der Waals surface area (Å²) in [6, 6.07) is 23.9. The van der Waals surface area contributed by atoms with Crippen LogP contribution in [0, 0.1) is 5.92 Å². The summed E-state index contributed by atoms with van der Waals surface area (Å²) in [6.45, 7) is 6.38. The molecule has 1 atom stereocenters. The molecule has 0 unspecified atom stereocenters. The molecule has 8 heteroatoms. The third-order valence-electron chi connectivity index (χ3n) is 6.29. The van der Waals surface area contributed by atoms with E-state index >= 15 is 0 Å². The molecule has 0 aliphatic carbocycles. The maximum Gasteiger partial charge on any atom is 0.307 e. The van der Waals surface area contributed by atoms with Gasteiger partial charge in [-0.25, -0.2) is 0 Å². The Balaban J connectivity index is 1.35. The van der Waals surface area contributed by atoms with Gasteiger partial charge in [-0.2, -0.15) is 0 Å². The molecule has 8 nitrogen and oxygen atoms in total. The number of esters is 1. The molecule has 0 spiro atoms. The van der Waals surface area contributed by atoms with E-state index in [1.807, 2.05) is 54.6 Å². The summed E-state index contributed by atoms with van der Waals surface area (Å²) >= 11 is 0. The number of fused-ring (bicyclic) bond motifs is 1. The zero-order valence-corrected chi connectivity index (χ0v) is 23.0. The Hall–Kier alpha value is -4.59. The van der Waals surface area contributed by atoms with Gasteiger partial charge in [-0.1, -0.05) is 32.0 Å². The number of carbonyl (C=O) groups excluding carboxylic acids is 3. The predicted molar refractivity (Wildman–Crippen MR) is 157 cm³/mol. The monoisotopic (exact) mass is 541 g/mol. The van der Waals surface area contributed by atoms with Gasteiger partial charge in [0.1, 0.15) is 17.4 Å². The van der Waals surface area contributed by atoms with Gasteiger partial charge in [-0.15, -0.1) is 0 Å². The van der Waals surface area contributed by atoms with Gasteiger partial charge in [-0.05, 0) is 79.9 Å². The van der Waals surface area contributed by atoms with Crippen LogP contribution in [-0.2, 0) is 14.3 Å². The average Bonchev–Trinajstić information content (AvgIpc) is 3.38. The van der Waals surface area contributed by atoms with Crippen molar-refractivity contribution in [2.75, 3.05) is 23.8 Å². The fraction of sp³-hybridized carbons (Fsp3) is 0.281. The number of hydrogen-bond donors (Lipinski definition) is 3. The molecule has 40 heavy (non-hydrogen) atoms. The van der Waals surface area contributed by atoms with Crippen molar-refractivity contribution in [1.29, 1.82) is 0 Å². The van der Waals surface area contributed by atoms with Crippen LogP contribution >= 0.6 is 0 Å². The first-order valence-corrected chi connectivity index (χ1v) is 13.5. The molecule has 0 fully saturated rings. The lowest BCUT2D eigenvalue weighted by Crippen LogP contribution is -2.35. The van der Waals surface area contributed by atoms with Crippen molar-refractivity contribution < 1.29 is 23.5 Å². The molecule has 208 valence electrons. The van der Waals surface area contributed by atoms with E-state index in [0.29, 0.717) is 24.3 Å². The summed E-state index contributed by atoms with van der Waals surface area (Å²) in [5.41, 5.74) is 3.64. The molecule has 3 aromatic carbocycles. The van der Waals surface area contributed by atoms with Gasteiger partial charge in [0.25, 0.3) is 5.91 Å². The fourth-order valence-corrected chi connectivity index (χ4v) is 4.31. The van der Waals surface area contributed by atoms with Crippen LogP contribution in [0.3, 0.4) is 0 Å². The number of nitrogens with one attached hydrogen (secondary N) is 3. The summed E-state index contributed by atoms with van der Waals surface area (Å²) in [7, 11) is 0. The van der Waals surface area contributed by atoms with Crippen molar-refractivity contribution in [2.24, 2.45) is 5.92 Å². The number of hydrogen-bond acceptors (Lipinski definition) is 6. The van der Waals surface area contributed by atoms with Crippen LogP contribution in [0.15, 0.2) is 83.3 Å². The van der Waals surface area contributed by atoms with E-state index in [2.05, 4.69) is 29.8 Å². The van der Waals surface area contributed by atoms with E-state index in [0.717, 1.165) is 28.0 Å². The number of furan rings is 1. The lowest BCUT2D eigenvalue weighted by atomic mass is 10.0. The minimum absolute atomic E-state index is 0.119. The van der Waals surface area contributed by atoms with Gasteiger partial charge < -0.3 is 25.1 Å². The highest BCUT2D eigenvalue weighted by atomic mass is 16.5. The van der Waals surface area contributed by atoms with E-state index in [4.69, 9.17) is 9.15 Å². The highest BCUT2D eigenvalue weighted by Crippen LogP contribution is 2.28. The third kappa shape index (κ3) is 7.72. The van der Waals surface area contributed by atoms with Crippen molar-refractivity contribution in [3.63, 3.8) is 0 Å². The van der Waals surface area contributed by atoms with E-state index in [9.17, 15) is 14.4 Å². The van der Waals surface area contributed by atoms with Crippen LogP contribution < -0.4 is 16.0 Å². The molecule has 1 aromatic heterocycles. The van der Waals surface area contributed by atoms with Gasteiger partial charge >= 0.3 is 5.97 Å². The molecule has 3 N–H and O–H groups in total. The molecule has 4 aromatic rings. The Morgan fingerprint density at radius 2 is 1.60 bits per heavy atom. The summed E-state index contributed by atoms with van der Waals surface area (Å²) in [6.07, 6.45) is 0.743. The van der Waals surface area contributed by atoms with E-state index < -0.39 is 6.04 Å². The summed E-state index contributed by atoms with van der Waals surface area (Å²) in [5, 5.41) is 10.1. The van der Waals surface area contributed by atoms with Crippen molar-refractivity contribution in [3.8, 4) is 11.3 Å². The number of carbonyl (C=O) groups is 3. The molecule has 2 amide bonds. The largest absolute Gasteiger partial charge is 0.466 e. The maximum atomic E-state index is 13.2. The van der Waals surface area contributed by atoms with E-state index in [1.54, 1.807) is 31.2 Å². The minimum atomic E-state index is -0.473. The van der Waals surface area contributed by atoms with E-state index in [-0.39, 0.29) is 36.7 Å². The Morgan fingerprint density at radius 1 is 0.900 bits per heavy atom. The van der Waals surface area contributed by atoms with Gasteiger partial charge in [-0.3, -0.25) is 14.4 Å². The summed E-state index contributed by atoms with van der Waals surface area (Å²) in [5.74, 6) is 0.279. The van der Waals surface area contributed by atoms with Crippen molar-refractivity contribution >= 4 is 40.1 Å². The number of benzene rings is 3. The number of ether oxygens (including phenoxy) is 1. The van der Waals surface area contributed by atoms with Crippen LogP contribution in [0.5, 0.6) is 0 Å². The second kappa shape index (κ2) is 13.5. The molecule has 4 rings (SSSR count). The van der Waals surface area contributed by atoms with Crippen molar-refractivity contribution in [3.05, 3.63) is 84.4 Å². The summed E-state index contributed by atoms with van der Waals surface area (Å²) in [4.78, 5) is 37.0. The zero-order valence-electron chi connectivity index (χ0n) is 23.0. The van der Waals surface area contributed by atoms with Crippen molar-refractivity contribution in [1.82, 2.24) is 5.32 Å². The lowest BCUT2D eigenvalue weighted by molar-refractivity contribution is -0.142. The average molecular weight is 542 g/mol. The van der Waals surface area contributed by atoms with Crippen LogP contribution in [0.25, 0.3) is 22.3 Å². The van der Waals surface area contributed by atoms with Crippen molar-refractivity contribution in [2.45, 2.75) is 39.7 Å². The fourth-order valence-electron chi connectivity index (χ4n) is 4.31. The van der Waals surface area contributed by atoms with Crippen LogP contribution in [-0.4, -0.2) is 37.0 Å². The molecule has 0 aliphatic rings. The summed E-state index contributed by atoms with van der Waals surface area (Å²) < 4.78 is 10.8. The first-order chi connectivity index (χ1) is 19.3. The Labute approximate surface area is 234 Å². The smallest absolute Gasteiger partial charge is 0.307 e. The first-order valence-electron chi connectivity index (χ1n) is 13.5. The molecule has 0 aliphatic heterocycles. The first kappa shape index (κ1) is 28.4. The Morgan fingerprint density at radius 3 is 2.27 bits per heavy atom. The number of amides is 2. The molecule has 0 saturated heterocycles. The molecular weight excluding hydrogens is 506 g/mol. The molecule has 0 bridgehead atoms.